The number of pyridine rings is 1. The van der Waals surface area contributed by atoms with E-state index in [2.05, 4.69) is 10.3 Å². The van der Waals surface area contributed by atoms with Crippen molar-refractivity contribution in [2.45, 2.75) is 19.9 Å². The molecule has 1 aliphatic heterocycles. The van der Waals surface area contributed by atoms with Gasteiger partial charge >= 0.3 is 0 Å². The highest BCUT2D eigenvalue weighted by atomic mass is 35.5. The van der Waals surface area contributed by atoms with Gasteiger partial charge < -0.3 is 15.0 Å². The zero-order valence-corrected chi connectivity index (χ0v) is 17.1. The van der Waals surface area contributed by atoms with Crippen LogP contribution in [0.4, 0.5) is 5.69 Å². The summed E-state index contributed by atoms with van der Waals surface area (Å²) in [6, 6.07) is 10.7. The van der Waals surface area contributed by atoms with E-state index < -0.39 is 0 Å². The van der Waals surface area contributed by atoms with Gasteiger partial charge in [-0.1, -0.05) is 17.7 Å². The highest BCUT2D eigenvalue weighted by Gasteiger charge is 2.23. The van der Waals surface area contributed by atoms with Crippen LogP contribution in [0.25, 0.3) is 10.9 Å². The molecule has 0 radical (unpaired) electrons. The predicted molar refractivity (Wildman–Crippen MR) is 115 cm³/mol. The lowest BCUT2D eigenvalue weighted by atomic mass is 10.0. The number of benzene rings is 2. The second kappa shape index (κ2) is 7.89. The first-order valence-electron chi connectivity index (χ1n) is 9.45. The monoisotopic (exact) mass is 411 g/mol. The van der Waals surface area contributed by atoms with Gasteiger partial charge in [0.1, 0.15) is 5.75 Å². The molecule has 0 saturated heterocycles. The maximum absolute atomic E-state index is 13.1. The zero-order valence-electron chi connectivity index (χ0n) is 16.3. The Morgan fingerprint density at radius 3 is 2.90 bits per heavy atom. The van der Waals surface area contributed by atoms with Crippen LogP contribution in [0.1, 0.15) is 16.8 Å². The van der Waals surface area contributed by atoms with E-state index >= 15 is 0 Å². The van der Waals surface area contributed by atoms with Gasteiger partial charge in [0.25, 0.3) is 0 Å². The molecule has 7 heteroatoms. The molecule has 1 amide bonds. The van der Waals surface area contributed by atoms with Crippen LogP contribution in [-0.4, -0.2) is 36.0 Å². The Bertz CT molecular complexity index is 1160. The fourth-order valence-corrected chi connectivity index (χ4v) is 3.99. The largest absolute Gasteiger partial charge is 0.497 e. The molecule has 0 unspecified atom stereocenters. The van der Waals surface area contributed by atoms with Gasteiger partial charge in [-0.25, -0.2) is 0 Å². The Balaban J connectivity index is 1.56. The number of nitrogens with zero attached hydrogens (tertiary/aromatic N) is 1. The van der Waals surface area contributed by atoms with Gasteiger partial charge in [0, 0.05) is 46.9 Å². The molecule has 0 saturated carbocycles. The second-order valence-corrected chi connectivity index (χ2v) is 7.73. The van der Waals surface area contributed by atoms with E-state index in [-0.39, 0.29) is 17.9 Å². The Kier molecular flexibility index (Phi) is 5.30. The predicted octanol–water partition coefficient (Wildman–Crippen LogP) is 3.50. The van der Waals surface area contributed by atoms with Gasteiger partial charge in [0.2, 0.25) is 5.91 Å². The summed E-state index contributed by atoms with van der Waals surface area (Å²) < 4.78 is 5.32. The van der Waals surface area contributed by atoms with Crippen molar-refractivity contribution >= 4 is 34.1 Å². The Morgan fingerprint density at radius 1 is 1.31 bits per heavy atom. The van der Waals surface area contributed by atoms with Crippen molar-refractivity contribution in [2.75, 3.05) is 25.5 Å². The van der Waals surface area contributed by atoms with E-state index in [0.29, 0.717) is 46.9 Å². The van der Waals surface area contributed by atoms with E-state index in [9.17, 15) is 9.59 Å². The van der Waals surface area contributed by atoms with Crippen LogP contribution >= 0.6 is 11.6 Å². The van der Waals surface area contributed by atoms with Crippen LogP contribution in [0.3, 0.4) is 0 Å². The number of aromatic nitrogens is 1. The number of hydrogen-bond donors (Lipinski definition) is 2. The SMILES string of the molecule is COc1cc(C)c2[nH]c3c(c(=O)c2c1)CN(CC(=O)Nc1cccc(Cl)c1)CC3. The molecule has 0 aliphatic carbocycles. The van der Waals surface area contributed by atoms with Crippen molar-refractivity contribution in [3.8, 4) is 5.75 Å². The first-order valence-corrected chi connectivity index (χ1v) is 9.82. The standard InChI is InChI=1S/C22H22ClN3O3/c1-13-8-16(29-2)10-17-21(13)25-19-6-7-26(11-18(19)22(17)28)12-20(27)24-15-5-3-4-14(23)9-15/h3-5,8-10H,6-7,11-12H2,1-2H3,(H,24,27)(H,25,28). The number of carbonyl (C=O) groups is 1. The van der Waals surface area contributed by atoms with Gasteiger partial charge in [-0.3, -0.25) is 14.5 Å². The third kappa shape index (κ3) is 3.99. The smallest absolute Gasteiger partial charge is 0.238 e. The molecule has 0 fully saturated rings. The molecule has 0 spiro atoms. The number of carbonyl (C=O) groups excluding carboxylic acids is 1. The van der Waals surface area contributed by atoms with E-state index in [1.807, 2.05) is 17.9 Å². The molecule has 4 rings (SSSR count). The molecule has 3 aromatic rings. The summed E-state index contributed by atoms with van der Waals surface area (Å²) >= 11 is 5.97. The highest BCUT2D eigenvalue weighted by molar-refractivity contribution is 6.30. The van der Waals surface area contributed by atoms with Crippen molar-refractivity contribution in [1.29, 1.82) is 0 Å². The number of H-pyrrole nitrogens is 1. The zero-order chi connectivity index (χ0) is 20.5. The summed E-state index contributed by atoms with van der Waals surface area (Å²) in [6.45, 7) is 3.30. The lowest BCUT2D eigenvalue weighted by molar-refractivity contribution is -0.117. The number of aromatic amines is 1. The molecule has 1 aromatic heterocycles. The van der Waals surface area contributed by atoms with Gasteiger partial charge in [0.15, 0.2) is 5.43 Å². The Hall–Kier alpha value is -2.83. The average molecular weight is 412 g/mol. The number of nitrogens with one attached hydrogen (secondary N) is 2. The van der Waals surface area contributed by atoms with E-state index in [4.69, 9.17) is 16.3 Å². The summed E-state index contributed by atoms with van der Waals surface area (Å²) in [5.74, 6) is 0.527. The van der Waals surface area contributed by atoms with Crippen LogP contribution in [-0.2, 0) is 17.8 Å². The molecule has 6 nitrogen and oxygen atoms in total. The fourth-order valence-electron chi connectivity index (χ4n) is 3.80. The maximum Gasteiger partial charge on any atom is 0.238 e. The van der Waals surface area contributed by atoms with Gasteiger partial charge in [0.05, 0.1) is 19.2 Å². The fraction of sp³-hybridized carbons (Fsp3) is 0.273. The molecule has 2 N–H and O–H groups in total. The molecule has 2 aromatic carbocycles. The summed E-state index contributed by atoms with van der Waals surface area (Å²) in [6.07, 6.45) is 0.691. The Labute approximate surface area is 173 Å². The minimum absolute atomic E-state index is 0.00398. The number of anilines is 1. The molecule has 0 atom stereocenters. The number of ether oxygens (including phenoxy) is 1. The van der Waals surface area contributed by atoms with Crippen LogP contribution in [0.2, 0.25) is 5.02 Å². The number of rotatable bonds is 4. The maximum atomic E-state index is 13.1. The van der Waals surface area contributed by atoms with Crippen molar-refractivity contribution < 1.29 is 9.53 Å². The quantitative estimate of drug-likeness (QED) is 0.689. The van der Waals surface area contributed by atoms with Gasteiger partial charge in [-0.2, -0.15) is 0 Å². The lowest BCUT2D eigenvalue weighted by Crippen LogP contribution is -2.39. The van der Waals surface area contributed by atoms with Crippen molar-refractivity contribution in [3.05, 3.63) is 68.5 Å². The normalized spacial score (nSPS) is 13.9. The van der Waals surface area contributed by atoms with Crippen molar-refractivity contribution in [3.63, 3.8) is 0 Å². The molecule has 2 heterocycles. The highest BCUT2D eigenvalue weighted by Crippen LogP contribution is 2.25. The summed E-state index contributed by atoms with van der Waals surface area (Å²) in [4.78, 5) is 31.0. The first-order chi connectivity index (χ1) is 13.9. The number of methoxy groups -OCH3 is 1. The minimum atomic E-state index is -0.134. The molecular formula is C22H22ClN3O3. The van der Waals surface area contributed by atoms with Gasteiger partial charge in [-0.05, 0) is 42.8 Å². The first kappa shape index (κ1) is 19.5. The number of hydrogen-bond acceptors (Lipinski definition) is 4. The molecule has 29 heavy (non-hydrogen) atoms. The van der Waals surface area contributed by atoms with Crippen LogP contribution in [0.15, 0.2) is 41.2 Å². The minimum Gasteiger partial charge on any atom is -0.497 e. The van der Waals surface area contributed by atoms with Crippen molar-refractivity contribution in [2.24, 2.45) is 0 Å². The van der Waals surface area contributed by atoms with Gasteiger partial charge in [-0.15, -0.1) is 0 Å². The molecule has 150 valence electrons. The van der Waals surface area contributed by atoms with Crippen LogP contribution < -0.4 is 15.5 Å². The number of halogens is 1. The number of amides is 1. The van der Waals surface area contributed by atoms with E-state index in [0.717, 1.165) is 16.8 Å². The van der Waals surface area contributed by atoms with Crippen LogP contribution in [0.5, 0.6) is 5.75 Å². The van der Waals surface area contributed by atoms with Crippen LogP contribution in [0, 0.1) is 6.92 Å². The van der Waals surface area contributed by atoms with Crippen molar-refractivity contribution in [1.82, 2.24) is 9.88 Å². The topological polar surface area (TPSA) is 74.4 Å². The lowest BCUT2D eigenvalue weighted by Gasteiger charge is -2.28. The number of fused-ring (bicyclic) bond motifs is 2. The summed E-state index contributed by atoms with van der Waals surface area (Å²) in [5, 5.41) is 4.04. The summed E-state index contributed by atoms with van der Waals surface area (Å²) in [5.41, 5.74) is 4.14. The number of aryl methyl sites for hydroxylation is 1. The third-order valence-electron chi connectivity index (χ3n) is 5.24. The molecular weight excluding hydrogens is 390 g/mol. The second-order valence-electron chi connectivity index (χ2n) is 7.30. The molecule has 0 bridgehead atoms. The van der Waals surface area contributed by atoms with E-state index in [1.165, 1.54) is 0 Å². The average Bonchev–Trinajstić information content (AvgIpc) is 2.69. The Morgan fingerprint density at radius 2 is 2.14 bits per heavy atom. The van der Waals surface area contributed by atoms with E-state index in [1.54, 1.807) is 37.4 Å². The summed E-state index contributed by atoms with van der Waals surface area (Å²) in [7, 11) is 1.59. The third-order valence-corrected chi connectivity index (χ3v) is 5.47. The molecule has 1 aliphatic rings.